The maximum atomic E-state index is 11.7. The van der Waals surface area contributed by atoms with Crippen molar-refractivity contribution in [3.8, 4) is 11.3 Å². The highest BCUT2D eigenvalue weighted by Crippen LogP contribution is 2.33. The molecule has 5 heteroatoms. The van der Waals surface area contributed by atoms with E-state index in [4.69, 9.17) is 5.73 Å². The van der Waals surface area contributed by atoms with E-state index in [0.29, 0.717) is 17.1 Å². The van der Waals surface area contributed by atoms with Gasteiger partial charge in [0.15, 0.2) is 5.82 Å². The Hall–Kier alpha value is -2.27. The molecular weight excluding hydrogens is 228 g/mol. The first-order valence-corrected chi connectivity index (χ1v) is 5.63. The van der Waals surface area contributed by atoms with E-state index >= 15 is 0 Å². The van der Waals surface area contributed by atoms with Crippen molar-refractivity contribution in [2.24, 2.45) is 5.73 Å². The first-order valence-electron chi connectivity index (χ1n) is 5.63. The van der Waals surface area contributed by atoms with Gasteiger partial charge in [0.25, 0.3) is 0 Å². The quantitative estimate of drug-likeness (QED) is 0.786. The third kappa shape index (κ3) is 1.48. The maximum absolute atomic E-state index is 11.7. The summed E-state index contributed by atoms with van der Waals surface area (Å²) in [5.41, 5.74) is 7.29. The van der Waals surface area contributed by atoms with Crippen LogP contribution in [0.5, 0.6) is 0 Å². The van der Waals surface area contributed by atoms with Gasteiger partial charge in [0.1, 0.15) is 5.54 Å². The molecule has 0 spiro atoms. The molecule has 1 aliphatic rings. The van der Waals surface area contributed by atoms with Crippen LogP contribution in [-0.4, -0.2) is 16.1 Å². The molecule has 18 heavy (non-hydrogen) atoms. The second-order valence-corrected chi connectivity index (χ2v) is 4.51. The third-order valence-corrected chi connectivity index (χ3v) is 3.13. The summed E-state index contributed by atoms with van der Waals surface area (Å²) >= 11 is 0. The number of anilines is 1. The molecule has 0 radical (unpaired) electrons. The van der Waals surface area contributed by atoms with Gasteiger partial charge in [0.05, 0.1) is 5.69 Å². The van der Waals surface area contributed by atoms with Gasteiger partial charge < -0.3 is 11.1 Å². The van der Waals surface area contributed by atoms with E-state index in [-0.39, 0.29) is 5.91 Å². The van der Waals surface area contributed by atoms with Gasteiger partial charge in [0, 0.05) is 11.1 Å². The summed E-state index contributed by atoms with van der Waals surface area (Å²) < 4.78 is 0. The average Bonchev–Trinajstić information content (AvgIpc) is 2.61. The third-order valence-electron chi connectivity index (χ3n) is 3.13. The number of nitrogens with one attached hydrogen (secondary N) is 1. The number of hydrogen-bond donors (Lipinski definition) is 2. The van der Waals surface area contributed by atoms with E-state index in [1.165, 1.54) is 0 Å². The molecule has 5 nitrogen and oxygen atoms in total. The van der Waals surface area contributed by atoms with Crippen molar-refractivity contribution in [3.05, 3.63) is 42.0 Å². The Kier molecular flexibility index (Phi) is 2.18. The summed E-state index contributed by atoms with van der Waals surface area (Å²) in [4.78, 5) is 11.7. The number of rotatable bonds is 1. The first-order chi connectivity index (χ1) is 8.59. The van der Waals surface area contributed by atoms with E-state index in [9.17, 15) is 4.79 Å². The highest BCUT2D eigenvalue weighted by molar-refractivity contribution is 6.04. The normalized spacial score (nSPS) is 21.6. The van der Waals surface area contributed by atoms with Crippen molar-refractivity contribution in [2.75, 3.05) is 5.32 Å². The monoisotopic (exact) mass is 240 g/mol. The number of benzene rings is 1. The van der Waals surface area contributed by atoms with Gasteiger partial charge in [-0.15, -0.1) is 10.2 Å². The number of aromatic nitrogens is 2. The fraction of sp³-hybridized carbons (Fsp3) is 0.154. The molecule has 1 aromatic heterocycles. The lowest BCUT2D eigenvalue weighted by atomic mass is 9.95. The molecule has 1 unspecified atom stereocenters. The van der Waals surface area contributed by atoms with Gasteiger partial charge in [0.2, 0.25) is 5.91 Å². The predicted molar refractivity (Wildman–Crippen MR) is 67.6 cm³/mol. The van der Waals surface area contributed by atoms with Crippen LogP contribution in [0.2, 0.25) is 0 Å². The number of carbonyl (C=O) groups excluding carboxylic acids is 1. The fourth-order valence-electron chi connectivity index (χ4n) is 1.99. The summed E-state index contributed by atoms with van der Waals surface area (Å²) in [6.45, 7) is 1.67. The number of nitrogens with two attached hydrogens (primary N) is 1. The molecule has 0 bridgehead atoms. The summed E-state index contributed by atoms with van der Waals surface area (Å²) in [5, 5.41) is 10.7. The lowest BCUT2D eigenvalue weighted by Crippen LogP contribution is -2.40. The molecule has 2 heterocycles. The number of carbonyl (C=O) groups is 1. The van der Waals surface area contributed by atoms with Crippen molar-refractivity contribution in [1.82, 2.24) is 10.2 Å². The minimum Gasteiger partial charge on any atom is -0.314 e. The number of hydrogen-bond acceptors (Lipinski definition) is 4. The molecule has 2 aromatic rings. The molecule has 3 N–H and O–H groups in total. The lowest BCUT2D eigenvalue weighted by molar-refractivity contribution is -0.120. The number of nitrogens with zero attached hydrogens (tertiary/aromatic N) is 2. The molecule has 3 rings (SSSR count). The van der Waals surface area contributed by atoms with Crippen molar-refractivity contribution in [3.63, 3.8) is 0 Å². The second kappa shape index (κ2) is 3.61. The first kappa shape index (κ1) is 10.9. The van der Waals surface area contributed by atoms with Crippen molar-refractivity contribution in [1.29, 1.82) is 0 Å². The summed E-state index contributed by atoms with van der Waals surface area (Å²) in [5.74, 6) is 0.196. The molecule has 0 fully saturated rings. The SMILES string of the molecule is CC1(N)C(=O)Nc2nnc(-c3ccccc3)cc21. The highest BCUT2D eigenvalue weighted by Gasteiger charge is 2.40. The molecule has 0 aliphatic carbocycles. The fourth-order valence-corrected chi connectivity index (χ4v) is 1.99. The summed E-state index contributed by atoms with van der Waals surface area (Å²) in [7, 11) is 0. The van der Waals surface area contributed by atoms with Crippen LogP contribution >= 0.6 is 0 Å². The maximum Gasteiger partial charge on any atom is 0.250 e. The van der Waals surface area contributed by atoms with E-state index < -0.39 is 5.54 Å². The molecular formula is C13H12N4O. The topological polar surface area (TPSA) is 80.9 Å². The molecule has 0 saturated carbocycles. The van der Waals surface area contributed by atoms with Crippen LogP contribution in [0, 0.1) is 0 Å². The highest BCUT2D eigenvalue weighted by atomic mass is 16.2. The molecule has 1 aromatic carbocycles. The van der Waals surface area contributed by atoms with Crippen molar-refractivity contribution in [2.45, 2.75) is 12.5 Å². The zero-order valence-corrected chi connectivity index (χ0v) is 9.84. The summed E-state index contributed by atoms with van der Waals surface area (Å²) in [6.07, 6.45) is 0. The largest absolute Gasteiger partial charge is 0.314 e. The summed E-state index contributed by atoms with van der Waals surface area (Å²) in [6, 6.07) is 11.5. The lowest BCUT2D eigenvalue weighted by Gasteiger charge is -2.14. The van der Waals surface area contributed by atoms with E-state index in [1.54, 1.807) is 6.92 Å². The van der Waals surface area contributed by atoms with Gasteiger partial charge in [-0.2, -0.15) is 0 Å². The van der Waals surface area contributed by atoms with Crippen LogP contribution in [0.4, 0.5) is 5.82 Å². The van der Waals surface area contributed by atoms with Crippen LogP contribution in [0.3, 0.4) is 0 Å². The van der Waals surface area contributed by atoms with Crippen LogP contribution in [0.15, 0.2) is 36.4 Å². The Balaban J connectivity index is 2.14. The molecule has 1 aliphatic heterocycles. The van der Waals surface area contributed by atoms with E-state index in [0.717, 1.165) is 5.56 Å². The second-order valence-electron chi connectivity index (χ2n) is 4.51. The van der Waals surface area contributed by atoms with Gasteiger partial charge >= 0.3 is 0 Å². The minimum atomic E-state index is -1.05. The van der Waals surface area contributed by atoms with Crippen molar-refractivity contribution < 1.29 is 4.79 Å². The van der Waals surface area contributed by atoms with Gasteiger partial charge in [-0.1, -0.05) is 30.3 Å². The van der Waals surface area contributed by atoms with E-state index in [2.05, 4.69) is 15.5 Å². The molecule has 1 atom stereocenters. The Bertz CT molecular complexity index is 622. The van der Waals surface area contributed by atoms with Crippen LogP contribution in [0.25, 0.3) is 11.3 Å². The van der Waals surface area contributed by atoms with Gasteiger partial charge in [-0.25, -0.2) is 0 Å². The Morgan fingerprint density at radius 1 is 1.22 bits per heavy atom. The zero-order valence-electron chi connectivity index (χ0n) is 9.84. The smallest absolute Gasteiger partial charge is 0.250 e. The number of amides is 1. The van der Waals surface area contributed by atoms with Crippen molar-refractivity contribution >= 4 is 11.7 Å². The average molecular weight is 240 g/mol. The zero-order chi connectivity index (χ0) is 12.8. The molecule has 90 valence electrons. The molecule has 1 amide bonds. The number of fused-ring (bicyclic) bond motifs is 1. The standard InChI is InChI=1S/C13H12N4O/c1-13(14)9-7-10(8-5-3-2-4-6-8)16-17-11(9)15-12(13)18/h2-7H,14H2,1H3,(H,15,17,18). The van der Waals surface area contributed by atoms with E-state index in [1.807, 2.05) is 36.4 Å². The Labute approximate surface area is 104 Å². The Morgan fingerprint density at radius 2 is 1.94 bits per heavy atom. The van der Waals surface area contributed by atoms with Crippen LogP contribution in [0.1, 0.15) is 12.5 Å². The minimum absolute atomic E-state index is 0.253. The predicted octanol–water partition coefficient (Wildman–Crippen LogP) is 1.27. The molecule has 0 saturated heterocycles. The van der Waals surface area contributed by atoms with Crippen LogP contribution < -0.4 is 11.1 Å². The van der Waals surface area contributed by atoms with Gasteiger partial charge in [-0.3, -0.25) is 4.79 Å². The van der Waals surface area contributed by atoms with Crippen LogP contribution in [-0.2, 0) is 10.3 Å². The van der Waals surface area contributed by atoms with Gasteiger partial charge in [-0.05, 0) is 13.0 Å². The Morgan fingerprint density at radius 3 is 2.67 bits per heavy atom.